The summed E-state index contributed by atoms with van der Waals surface area (Å²) in [5.41, 5.74) is 3.98. The lowest BCUT2D eigenvalue weighted by Crippen LogP contribution is -2.19. The van der Waals surface area contributed by atoms with Crippen molar-refractivity contribution in [2.24, 2.45) is 5.10 Å². The van der Waals surface area contributed by atoms with E-state index < -0.39 is 0 Å². The van der Waals surface area contributed by atoms with Gasteiger partial charge in [0.25, 0.3) is 0 Å². The summed E-state index contributed by atoms with van der Waals surface area (Å²) in [6, 6.07) is 18.7. The number of rotatable bonds is 4. The van der Waals surface area contributed by atoms with Crippen LogP contribution < -0.4 is 5.43 Å². The number of nitrogens with one attached hydrogen (secondary N) is 1. The van der Waals surface area contributed by atoms with E-state index in [1.165, 1.54) is 6.21 Å². The monoisotopic (exact) mass is 382 g/mol. The van der Waals surface area contributed by atoms with Crippen LogP contribution in [-0.4, -0.2) is 17.2 Å². The topological polar surface area (TPSA) is 61.7 Å². The molecule has 4 nitrogen and oxygen atoms in total. The second-order valence-electron chi connectivity index (χ2n) is 5.32. The fourth-order valence-corrected chi connectivity index (χ4v) is 2.68. The smallest absolute Gasteiger partial charge is 0.244 e. The van der Waals surface area contributed by atoms with Gasteiger partial charge in [0.1, 0.15) is 5.75 Å². The van der Waals surface area contributed by atoms with Crippen molar-refractivity contribution in [3.8, 4) is 5.75 Å². The molecule has 24 heavy (non-hydrogen) atoms. The molecule has 0 heterocycles. The maximum Gasteiger partial charge on any atom is 0.244 e. The summed E-state index contributed by atoms with van der Waals surface area (Å²) in [5.74, 6) is -0.0899. The van der Waals surface area contributed by atoms with E-state index in [1.807, 2.05) is 54.6 Å². The molecule has 0 aliphatic carbocycles. The third-order valence-electron chi connectivity index (χ3n) is 3.61. The van der Waals surface area contributed by atoms with Crippen molar-refractivity contribution in [3.05, 3.63) is 76.3 Å². The molecule has 0 aromatic heterocycles. The molecule has 0 spiro atoms. The minimum Gasteiger partial charge on any atom is -0.507 e. The molecule has 3 aromatic carbocycles. The minimum absolute atomic E-state index is 0.125. The second kappa shape index (κ2) is 7.27. The number of carbonyl (C=O) groups excluding carboxylic acids is 1. The van der Waals surface area contributed by atoms with Crippen LogP contribution in [-0.2, 0) is 11.2 Å². The minimum atomic E-state index is -0.215. The maximum absolute atomic E-state index is 11.9. The van der Waals surface area contributed by atoms with Crippen LogP contribution in [0.25, 0.3) is 10.8 Å². The molecule has 0 aliphatic heterocycles. The average Bonchev–Trinajstić information content (AvgIpc) is 2.59. The molecule has 2 N–H and O–H groups in total. The molecule has 0 radical (unpaired) electrons. The summed E-state index contributed by atoms with van der Waals surface area (Å²) >= 11 is 3.36. The zero-order chi connectivity index (χ0) is 16.9. The third-order valence-corrected chi connectivity index (χ3v) is 4.14. The van der Waals surface area contributed by atoms with Gasteiger partial charge in [0.15, 0.2) is 0 Å². The van der Waals surface area contributed by atoms with Crippen LogP contribution in [0.3, 0.4) is 0 Å². The van der Waals surface area contributed by atoms with Crippen LogP contribution in [0.5, 0.6) is 5.75 Å². The van der Waals surface area contributed by atoms with Crippen molar-refractivity contribution in [1.29, 1.82) is 0 Å². The number of hydrogen-bond donors (Lipinski definition) is 2. The largest absolute Gasteiger partial charge is 0.507 e. The number of amides is 1. The fourth-order valence-electron chi connectivity index (χ4n) is 2.42. The number of phenols is 1. The lowest BCUT2D eigenvalue weighted by Gasteiger charge is -2.05. The number of nitrogens with zero attached hydrogens (tertiary/aromatic N) is 1. The van der Waals surface area contributed by atoms with Gasteiger partial charge < -0.3 is 5.11 Å². The SMILES string of the molecule is O=C(Cc1ccc(Br)cc1)NN=Cc1c(O)ccc2ccccc12. The first-order valence-electron chi connectivity index (χ1n) is 7.40. The third kappa shape index (κ3) is 3.81. The van der Waals surface area contributed by atoms with Gasteiger partial charge >= 0.3 is 0 Å². The molecule has 3 rings (SSSR count). The summed E-state index contributed by atoms with van der Waals surface area (Å²) < 4.78 is 0.969. The molecule has 5 heteroatoms. The van der Waals surface area contributed by atoms with Gasteiger partial charge in [0.2, 0.25) is 5.91 Å². The number of aromatic hydroxyl groups is 1. The Morgan fingerprint density at radius 3 is 2.62 bits per heavy atom. The van der Waals surface area contributed by atoms with Crippen LogP contribution in [0.4, 0.5) is 0 Å². The van der Waals surface area contributed by atoms with Crippen molar-refractivity contribution in [3.63, 3.8) is 0 Å². The molecule has 1 amide bonds. The Morgan fingerprint density at radius 1 is 1.08 bits per heavy atom. The first-order valence-corrected chi connectivity index (χ1v) is 8.20. The molecule has 0 bridgehead atoms. The standard InChI is InChI=1S/C19H15BrN2O2/c20-15-8-5-13(6-9-15)11-19(24)22-21-12-17-16-4-2-1-3-14(16)7-10-18(17)23/h1-10,12,23H,11H2,(H,22,24). The zero-order valence-corrected chi connectivity index (χ0v) is 14.3. The van der Waals surface area contributed by atoms with E-state index in [-0.39, 0.29) is 18.1 Å². The van der Waals surface area contributed by atoms with Crippen LogP contribution in [0.2, 0.25) is 0 Å². The van der Waals surface area contributed by atoms with Crippen LogP contribution in [0, 0.1) is 0 Å². The van der Waals surface area contributed by atoms with Gasteiger partial charge in [-0.15, -0.1) is 0 Å². The number of hydrazone groups is 1. The van der Waals surface area contributed by atoms with Crippen molar-refractivity contribution in [2.75, 3.05) is 0 Å². The summed E-state index contributed by atoms with van der Waals surface area (Å²) in [7, 11) is 0. The van der Waals surface area contributed by atoms with E-state index in [0.717, 1.165) is 20.8 Å². The summed E-state index contributed by atoms with van der Waals surface area (Å²) in [6.07, 6.45) is 1.71. The molecule has 3 aromatic rings. The molecule has 120 valence electrons. The number of benzene rings is 3. The van der Waals surface area contributed by atoms with Gasteiger partial charge in [-0.25, -0.2) is 5.43 Å². The van der Waals surface area contributed by atoms with Crippen molar-refractivity contribution in [2.45, 2.75) is 6.42 Å². The highest BCUT2D eigenvalue weighted by molar-refractivity contribution is 9.10. The molecule has 0 aliphatic rings. The fraction of sp³-hybridized carbons (Fsp3) is 0.0526. The number of halogens is 1. The predicted molar refractivity (Wildman–Crippen MR) is 99.2 cm³/mol. The first kappa shape index (κ1) is 16.2. The van der Waals surface area contributed by atoms with Crippen molar-refractivity contribution >= 4 is 38.8 Å². The van der Waals surface area contributed by atoms with Gasteiger partial charge in [-0.05, 0) is 34.5 Å². The summed E-state index contributed by atoms with van der Waals surface area (Å²) in [5, 5.41) is 15.9. The quantitative estimate of drug-likeness (QED) is 0.529. The Kier molecular flexibility index (Phi) is 4.91. The highest BCUT2D eigenvalue weighted by Crippen LogP contribution is 2.25. The Hall–Kier alpha value is -2.66. The molecule has 0 fully saturated rings. The Bertz CT molecular complexity index is 905. The first-order chi connectivity index (χ1) is 11.6. The van der Waals surface area contributed by atoms with Gasteiger partial charge in [-0.1, -0.05) is 58.4 Å². The Labute approximate surface area is 148 Å². The van der Waals surface area contributed by atoms with E-state index in [9.17, 15) is 9.90 Å². The average molecular weight is 383 g/mol. The molecule has 0 unspecified atom stereocenters. The number of carbonyl (C=O) groups is 1. The Balaban J connectivity index is 1.71. The van der Waals surface area contributed by atoms with Crippen molar-refractivity contribution < 1.29 is 9.90 Å². The lowest BCUT2D eigenvalue weighted by atomic mass is 10.0. The van der Waals surface area contributed by atoms with Gasteiger partial charge in [0, 0.05) is 10.0 Å². The highest BCUT2D eigenvalue weighted by atomic mass is 79.9. The normalized spacial score (nSPS) is 11.0. The van der Waals surface area contributed by atoms with Gasteiger partial charge in [0.05, 0.1) is 12.6 Å². The van der Waals surface area contributed by atoms with Crippen LogP contribution >= 0.6 is 15.9 Å². The Morgan fingerprint density at radius 2 is 1.83 bits per heavy atom. The molecular formula is C19H15BrN2O2. The van der Waals surface area contributed by atoms with Crippen LogP contribution in [0.15, 0.2) is 70.2 Å². The zero-order valence-electron chi connectivity index (χ0n) is 12.7. The number of fused-ring (bicyclic) bond motifs is 1. The van der Waals surface area contributed by atoms with Gasteiger partial charge in [-0.3, -0.25) is 4.79 Å². The molecule has 0 atom stereocenters. The predicted octanol–water partition coefficient (Wildman–Crippen LogP) is 4.00. The number of hydrogen-bond acceptors (Lipinski definition) is 3. The summed E-state index contributed by atoms with van der Waals surface area (Å²) in [4.78, 5) is 11.9. The van der Waals surface area contributed by atoms with E-state index in [4.69, 9.17) is 0 Å². The maximum atomic E-state index is 11.9. The lowest BCUT2D eigenvalue weighted by molar-refractivity contribution is -0.120. The molecular weight excluding hydrogens is 368 g/mol. The highest BCUT2D eigenvalue weighted by Gasteiger charge is 2.05. The summed E-state index contributed by atoms with van der Waals surface area (Å²) in [6.45, 7) is 0. The van der Waals surface area contributed by atoms with Gasteiger partial charge in [-0.2, -0.15) is 5.10 Å². The van der Waals surface area contributed by atoms with E-state index >= 15 is 0 Å². The van der Waals surface area contributed by atoms with E-state index in [0.29, 0.717) is 5.56 Å². The molecule has 0 saturated carbocycles. The van der Waals surface area contributed by atoms with Crippen LogP contribution in [0.1, 0.15) is 11.1 Å². The molecule has 0 saturated heterocycles. The second-order valence-corrected chi connectivity index (χ2v) is 6.23. The van der Waals surface area contributed by atoms with E-state index in [1.54, 1.807) is 6.07 Å². The van der Waals surface area contributed by atoms with E-state index in [2.05, 4.69) is 26.5 Å². The van der Waals surface area contributed by atoms with Crippen molar-refractivity contribution in [1.82, 2.24) is 5.43 Å². The number of phenolic OH excluding ortho intramolecular Hbond substituents is 1.